The molecule has 2 N–H and O–H groups in total. The molecule has 0 aliphatic carbocycles. The Morgan fingerprint density at radius 3 is 2.30 bits per heavy atom. The van der Waals surface area contributed by atoms with Crippen molar-refractivity contribution in [1.82, 2.24) is 5.32 Å². The molecule has 2 heteroatoms. The Morgan fingerprint density at radius 2 is 1.90 bits per heavy atom. The van der Waals surface area contributed by atoms with E-state index in [1.54, 1.807) is 0 Å². The fourth-order valence-corrected chi connectivity index (χ4v) is 0.788. The molecule has 0 aromatic heterocycles. The molecule has 1 unspecified atom stereocenters. The van der Waals surface area contributed by atoms with Crippen LogP contribution in [-0.4, -0.2) is 23.8 Å². The molecule has 0 rings (SSSR count). The van der Waals surface area contributed by atoms with Gasteiger partial charge in [-0.3, -0.25) is 0 Å². The third kappa shape index (κ3) is 7.92. The number of aliphatic hydroxyl groups is 1. The molecule has 0 spiro atoms. The van der Waals surface area contributed by atoms with Crippen molar-refractivity contribution in [2.75, 3.05) is 6.54 Å². The summed E-state index contributed by atoms with van der Waals surface area (Å²) in [5.41, 5.74) is 0. The maximum Gasteiger partial charge on any atom is 0.0512 e. The molecule has 0 saturated carbocycles. The van der Waals surface area contributed by atoms with Gasteiger partial charge in [-0.2, -0.15) is 0 Å². The molecule has 0 aromatic rings. The molecule has 0 aliphatic heterocycles. The zero-order valence-electron chi connectivity index (χ0n) is 7.22. The quantitative estimate of drug-likeness (QED) is 0.569. The Bertz CT molecular complexity index is 61.7. The van der Waals surface area contributed by atoms with Gasteiger partial charge in [0, 0.05) is 6.04 Å². The van der Waals surface area contributed by atoms with Crippen molar-refractivity contribution in [3.8, 4) is 0 Å². The maximum absolute atomic E-state index is 8.89. The van der Waals surface area contributed by atoms with Crippen LogP contribution >= 0.6 is 0 Å². The number of hydrogen-bond donors (Lipinski definition) is 2. The van der Waals surface area contributed by atoms with Gasteiger partial charge in [-0.1, -0.05) is 13.8 Å². The molecule has 0 bridgehead atoms. The summed E-state index contributed by atoms with van der Waals surface area (Å²) in [4.78, 5) is 0. The van der Waals surface area contributed by atoms with Gasteiger partial charge in [-0.25, -0.2) is 0 Å². The summed E-state index contributed by atoms with van der Waals surface area (Å²) in [6.45, 7) is 7.10. The molecule has 2 nitrogen and oxygen atoms in total. The Kier molecular flexibility index (Phi) is 5.64. The molecule has 0 heterocycles. The van der Waals surface area contributed by atoms with E-state index in [-0.39, 0.29) is 6.10 Å². The predicted molar refractivity (Wildman–Crippen MR) is 44.1 cm³/mol. The smallest absolute Gasteiger partial charge is 0.0512 e. The van der Waals surface area contributed by atoms with Crippen LogP contribution < -0.4 is 5.32 Å². The highest BCUT2D eigenvalue weighted by Crippen LogP contribution is 1.93. The lowest BCUT2D eigenvalue weighted by atomic mass is 10.2. The molecule has 10 heavy (non-hydrogen) atoms. The van der Waals surface area contributed by atoms with E-state index in [1.807, 2.05) is 6.92 Å². The first-order valence-electron chi connectivity index (χ1n) is 4.04. The summed E-state index contributed by atoms with van der Waals surface area (Å²) in [6, 6.07) is 0.564. The summed E-state index contributed by atoms with van der Waals surface area (Å²) in [5.74, 6) is 0. The van der Waals surface area contributed by atoms with E-state index < -0.39 is 0 Å². The van der Waals surface area contributed by atoms with Crippen molar-refractivity contribution in [2.45, 2.75) is 45.8 Å². The van der Waals surface area contributed by atoms with Crippen LogP contribution in [0.5, 0.6) is 0 Å². The lowest BCUT2D eigenvalue weighted by Crippen LogP contribution is -2.24. The molecule has 0 fully saturated rings. The number of rotatable bonds is 5. The lowest BCUT2D eigenvalue weighted by Gasteiger charge is -2.08. The van der Waals surface area contributed by atoms with E-state index >= 15 is 0 Å². The molecule has 0 aromatic carbocycles. The van der Waals surface area contributed by atoms with E-state index in [4.69, 9.17) is 5.11 Å². The van der Waals surface area contributed by atoms with Gasteiger partial charge in [-0.15, -0.1) is 0 Å². The maximum atomic E-state index is 8.89. The Labute approximate surface area is 63.6 Å². The second-order valence-corrected chi connectivity index (χ2v) is 3.10. The molecule has 0 amide bonds. The highest BCUT2D eigenvalue weighted by molar-refractivity contribution is 4.54. The third-order valence-electron chi connectivity index (χ3n) is 1.35. The summed E-state index contributed by atoms with van der Waals surface area (Å²) in [7, 11) is 0. The average molecular weight is 145 g/mol. The van der Waals surface area contributed by atoms with Crippen LogP contribution in [0.3, 0.4) is 0 Å². The van der Waals surface area contributed by atoms with Crippen molar-refractivity contribution in [1.29, 1.82) is 0 Å². The summed E-state index contributed by atoms with van der Waals surface area (Å²) < 4.78 is 0. The van der Waals surface area contributed by atoms with E-state index in [1.165, 1.54) is 0 Å². The largest absolute Gasteiger partial charge is 0.393 e. The molecule has 0 aliphatic rings. The van der Waals surface area contributed by atoms with Gasteiger partial charge in [0.2, 0.25) is 0 Å². The van der Waals surface area contributed by atoms with Crippen molar-refractivity contribution in [3.63, 3.8) is 0 Å². The Balaban J connectivity index is 2.91. The van der Waals surface area contributed by atoms with E-state index in [2.05, 4.69) is 19.2 Å². The van der Waals surface area contributed by atoms with Gasteiger partial charge in [0.15, 0.2) is 0 Å². The van der Waals surface area contributed by atoms with E-state index in [0.29, 0.717) is 6.04 Å². The summed E-state index contributed by atoms with van der Waals surface area (Å²) in [5, 5.41) is 12.2. The van der Waals surface area contributed by atoms with Gasteiger partial charge < -0.3 is 10.4 Å². The normalized spacial score (nSPS) is 14.1. The zero-order valence-corrected chi connectivity index (χ0v) is 7.22. The molecule has 62 valence electrons. The van der Waals surface area contributed by atoms with E-state index in [0.717, 1.165) is 19.4 Å². The lowest BCUT2D eigenvalue weighted by molar-refractivity contribution is 0.181. The minimum absolute atomic E-state index is 0.144. The van der Waals surface area contributed by atoms with Crippen LogP contribution in [0.4, 0.5) is 0 Å². The molecule has 0 radical (unpaired) electrons. The van der Waals surface area contributed by atoms with Gasteiger partial charge >= 0.3 is 0 Å². The SMILES string of the molecule is CC(O)CCCNC(C)C. The third-order valence-corrected chi connectivity index (χ3v) is 1.35. The summed E-state index contributed by atoms with van der Waals surface area (Å²) in [6.07, 6.45) is 1.82. The fourth-order valence-electron chi connectivity index (χ4n) is 0.788. The first kappa shape index (κ1) is 9.92. The van der Waals surface area contributed by atoms with Crippen LogP contribution in [0.15, 0.2) is 0 Å². The first-order valence-corrected chi connectivity index (χ1v) is 4.04. The van der Waals surface area contributed by atoms with Crippen molar-refractivity contribution >= 4 is 0 Å². The van der Waals surface area contributed by atoms with E-state index in [9.17, 15) is 0 Å². The minimum atomic E-state index is -0.144. The Morgan fingerprint density at radius 1 is 1.30 bits per heavy atom. The minimum Gasteiger partial charge on any atom is -0.393 e. The van der Waals surface area contributed by atoms with Crippen LogP contribution in [0.2, 0.25) is 0 Å². The second-order valence-electron chi connectivity index (χ2n) is 3.10. The Hall–Kier alpha value is -0.0800. The van der Waals surface area contributed by atoms with Crippen molar-refractivity contribution < 1.29 is 5.11 Å². The average Bonchev–Trinajstić information content (AvgIpc) is 1.79. The van der Waals surface area contributed by atoms with Crippen LogP contribution in [0.25, 0.3) is 0 Å². The fraction of sp³-hybridized carbons (Fsp3) is 1.00. The number of hydrogen-bond acceptors (Lipinski definition) is 2. The monoisotopic (exact) mass is 145 g/mol. The first-order chi connectivity index (χ1) is 4.63. The summed E-state index contributed by atoms with van der Waals surface area (Å²) >= 11 is 0. The highest BCUT2D eigenvalue weighted by atomic mass is 16.3. The molecule has 1 atom stereocenters. The molecular weight excluding hydrogens is 126 g/mol. The van der Waals surface area contributed by atoms with Gasteiger partial charge in [0.05, 0.1) is 6.10 Å². The molecular formula is C8H19NO. The topological polar surface area (TPSA) is 32.3 Å². The van der Waals surface area contributed by atoms with Crippen LogP contribution in [-0.2, 0) is 0 Å². The standard InChI is InChI=1S/C8H19NO/c1-7(2)9-6-4-5-8(3)10/h7-10H,4-6H2,1-3H3. The number of nitrogens with one attached hydrogen (secondary N) is 1. The van der Waals surface area contributed by atoms with Crippen LogP contribution in [0, 0.1) is 0 Å². The number of aliphatic hydroxyl groups excluding tert-OH is 1. The van der Waals surface area contributed by atoms with Crippen molar-refractivity contribution in [3.05, 3.63) is 0 Å². The van der Waals surface area contributed by atoms with Crippen LogP contribution in [0.1, 0.15) is 33.6 Å². The second kappa shape index (κ2) is 5.69. The highest BCUT2D eigenvalue weighted by Gasteiger charge is 1.95. The van der Waals surface area contributed by atoms with Crippen molar-refractivity contribution in [2.24, 2.45) is 0 Å². The zero-order chi connectivity index (χ0) is 7.98. The predicted octanol–water partition coefficient (Wildman–Crippen LogP) is 1.15. The molecule has 0 saturated heterocycles. The van der Waals surface area contributed by atoms with Gasteiger partial charge in [-0.05, 0) is 26.3 Å². The van der Waals surface area contributed by atoms with Gasteiger partial charge in [0.25, 0.3) is 0 Å². The van der Waals surface area contributed by atoms with Gasteiger partial charge in [0.1, 0.15) is 0 Å².